The molecule has 0 amide bonds. The van der Waals surface area contributed by atoms with Crippen LogP contribution in [0.25, 0.3) is 0 Å². The molecule has 2 atom stereocenters. The van der Waals surface area contributed by atoms with Gasteiger partial charge in [0.1, 0.15) is 0 Å². The molecule has 0 saturated carbocycles. The summed E-state index contributed by atoms with van der Waals surface area (Å²) in [5, 5.41) is 12.1. The van der Waals surface area contributed by atoms with Crippen LogP contribution >= 0.6 is 0 Å². The number of phenolic OH excluding ortho intramolecular Hbond substituents is 1. The molecule has 3 nitrogen and oxygen atoms in total. The number of halogens is 1. The minimum absolute atomic E-state index is 0.201. The van der Waals surface area contributed by atoms with E-state index in [2.05, 4.69) is 12.2 Å². The third-order valence-corrected chi connectivity index (χ3v) is 2.80. The minimum atomic E-state index is -0.606. The minimum Gasteiger partial charge on any atom is -0.505 e. The van der Waals surface area contributed by atoms with Crippen LogP contribution in [0.15, 0.2) is 18.2 Å². The number of benzene rings is 1. The summed E-state index contributed by atoms with van der Waals surface area (Å²) in [5.74, 6) is -0.929. The van der Waals surface area contributed by atoms with Crippen LogP contribution in [0.2, 0.25) is 0 Å². The van der Waals surface area contributed by atoms with Gasteiger partial charge in [-0.2, -0.15) is 0 Å². The van der Waals surface area contributed by atoms with Crippen molar-refractivity contribution in [1.29, 1.82) is 0 Å². The van der Waals surface area contributed by atoms with Crippen molar-refractivity contribution in [1.82, 2.24) is 0 Å². The van der Waals surface area contributed by atoms with E-state index < -0.39 is 5.82 Å². The Bertz CT molecular complexity index is 370. The zero-order chi connectivity index (χ0) is 11.5. The normalized spacial score (nSPS) is 24.6. The third kappa shape index (κ3) is 2.64. The van der Waals surface area contributed by atoms with Gasteiger partial charge in [-0.15, -0.1) is 0 Å². The second-order valence-electron chi connectivity index (χ2n) is 4.19. The number of hydrogen-bond acceptors (Lipinski definition) is 3. The quantitative estimate of drug-likeness (QED) is 0.777. The number of aromatic hydroxyl groups is 1. The Morgan fingerprint density at radius 2 is 2.31 bits per heavy atom. The molecule has 4 heteroatoms. The van der Waals surface area contributed by atoms with Crippen molar-refractivity contribution in [3.05, 3.63) is 24.0 Å². The lowest BCUT2D eigenvalue weighted by Crippen LogP contribution is -2.19. The largest absolute Gasteiger partial charge is 0.505 e. The van der Waals surface area contributed by atoms with Crippen molar-refractivity contribution in [2.75, 3.05) is 11.9 Å². The van der Waals surface area contributed by atoms with Crippen molar-refractivity contribution >= 4 is 5.69 Å². The molecule has 16 heavy (non-hydrogen) atoms. The van der Waals surface area contributed by atoms with Crippen LogP contribution in [0.5, 0.6) is 5.75 Å². The molecule has 1 aliphatic heterocycles. The van der Waals surface area contributed by atoms with E-state index >= 15 is 0 Å². The van der Waals surface area contributed by atoms with E-state index in [1.54, 1.807) is 6.07 Å². The first-order valence-electron chi connectivity index (χ1n) is 5.53. The van der Waals surface area contributed by atoms with Crippen LogP contribution in [-0.4, -0.2) is 23.9 Å². The molecular weight excluding hydrogens is 209 g/mol. The lowest BCUT2D eigenvalue weighted by Gasteiger charge is -2.13. The Hall–Kier alpha value is -1.29. The zero-order valence-electron chi connectivity index (χ0n) is 9.24. The van der Waals surface area contributed by atoms with E-state index in [1.165, 1.54) is 12.1 Å². The van der Waals surface area contributed by atoms with Gasteiger partial charge in [0, 0.05) is 18.3 Å². The summed E-state index contributed by atoms with van der Waals surface area (Å²) in [4.78, 5) is 0. The molecule has 1 aliphatic rings. The van der Waals surface area contributed by atoms with Gasteiger partial charge < -0.3 is 15.2 Å². The average Bonchev–Trinajstić information content (AvgIpc) is 2.66. The third-order valence-electron chi connectivity index (χ3n) is 2.80. The van der Waals surface area contributed by atoms with Gasteiger partial charge in [0.15, 0.2) is 11.6 Å². The lowest BCUT2D eigenvalue weighted by molar-refractivity contribution is 0.0637. The van der Waals surface area contributed by atoms with Crippen LogP contribution < -0.4 is 5.32 Å². The second-order valence-corrected chi connectivity index (χ2v) is 4.19. The summed E-state index contributed by atoms with van der Waals surface area (Å²) >= 11 is 0. The maximum atomic E-state index is 13.0. The van der Waals surface area contributed by atoms with E-state index in [0.29, 0.717) is 18.3 Å². The molecule has 0 radical (unpaired) electrons. The van der Waals surface area contributed by atoms with E-state index in [4.69, 9.17) is 9.84 Å². The van der Waals surface area contributed by atoms with Gasteiger partial charge in [-0.05, 0) is 31.9 Å². The first kappa shape index (κ1) is 11.2. The molecule has 1 fully saturated rings. The number of hydrogen-bond donors (Lipinski definition) is 2. The first-order valence-corrected chi connectivity index (χ1v) is 5.53. The fourth-order valence-electron chi connectivity index (χ4n) is 1.88. The molecule has 2 N–H and O–H groups in total. The average molecular weight is 225 g/mol. The number of nitrogens with one attached hydrogen (secondary N) is 1. The molecule has 0 aliphatic carbocycles. The Morgan fingerprint density at radius 1 is 1.50 bits per heavy atom. The molecule has 1 aromatic carbocycles. The predicted octanol–water partition coefficient (Wildman–Crippen LogP) is 2.51. The number of anilines is 1. The Labute approximate surface area is 94.2 Å². The van der Waals surface area contributed by atoms with Crippen LogP contribution in [0.3, 0.4) is 0 Å². The summed E-state index contributed by atoms with van der Waals surface area (Å²) in [7, 11) is 0. The zero-order valence-corrected chi connectivity index (χ0v) is 9.24. The van der Waals surface area contributed by atoms with Crippen molar-refractivity contribution in [2.24, 2.45) is 0 Å². The van der Waals surface area contributed by atoms with Crippen molar-refractivity contribution < 1.29 is 14.2 Å². The Morgan fingerprint density at radius 3 is 2.94 bits per heavy atom. The van der Waals surface area contributed by atoms with E-state index in [1.807, 2.05) is 0 Å². The first-order chi connectivity index (χ1) is 7.65. The van der Waals surface area contributed by atoms with Crippen LogP contribution in [0, 0.1) is 5.82 Å². The monoisotopic (exact) mass is 225 g/mol. The summed E-state index contributed by atoms with van der Waals surface area (Å²) < 4.78 is 18.7. The van der Waals surface area contributed by atoms with Gasteiger partial charge in [0.25, 0.3) is 0 Å². The molecule has 1 heterocycles. The molecule has 0 bridgehead atoms. The highest BCUT2D eigenvalue weighted by Crippen LogP contribution is 2.22. The summed E-state index contributed by atoms with van der Waals surface area (Å²) in [6, 6.07) is 4.28. The molecule has 0 spiro atoms. The van der Waals surface area contributed by atoms with Crippen molar-refractivity contribution in [3.8, 4) is 5.75 Å². The molecule has 88 valence electrons. The molecule has 1 saturated heterocycles. The lowest BCUT2D eigenvalue weighted by atomic mass is 10.2. The number of ether oxygens (including phenoxy) is 1. The maximum Gasteiger partial charge on any atom is 0.166 e. The van der Waals surface area contributed by atoms with Crippen LogP contribution in [0.1, 0.15) is 19.8 Å². The fourth-order valence-corrected chi connectivity index (χ4v) is 1.88. The highest BCUT2D eigenvalue weighted by Gasteiger charge is 2.21. The number of rotatable bonds is 3. The molecule has 2 rings (SSSR count). The SMILES string of the molecule is CC1CCC(CNc2ccc(O)c(F)c2)O1. The van der Waals surface area contributed by atoms with Gasteiger partial charge in [-0.1, -0.05) is 0 Å². The highest BCUT2D eigenvalue weighted by atomic mass is 19.1. The molecule has 0 aromatic heterocycles. The summed E-state index contributed by atoms with van der Waals surface area (Å²) in [6.45, 7) is 2.73. The van der Waals surface area contributed by atoms with Crippen molar-refractivity contribution in [3.63, 3.8) is 0 Å². The summed E-state index contributed by atoms with van der Waals surface area (Å²) in [5.41, 5.74) is 0.665. The van der Waals surface area contributed by atoms with Gasteiger partial charge in [-0.3, -0.25) is 0 Å². The number of phenols is 1. The predicted molar refractivity (Wildman–Crippen MR) is 60.1 cm³/mol. The van der Waals surface area contributed by atoms with Crippen molar-refractivity contribution in [2.45, 2.75) is 32.0 Å². The second kappa shape index (κ2) is 4.70. The van der Waals surface area contributed by atoms with Gasteiger partial charge in [0.2, 0.25) is 0 Å². The standard InChI is InChI=1S/C12H16FNO2/c1-8-2-4-10(16-8)7-14-9-3-5-12(15)11(13)6-9/h3,5-6,8,10,14-15H,2,4,7H2,1H3. The highest BCUT2D eigenvalue weighted by molar-refractivity contribution is 5.46. The molecule has 2 unspecified atom stereocenters. The van der Waals surface area contributed by atoms with Crippen LogP contribution in [-0.2, 0) is 4.74 Å². The van der Waals surface area contributed by atoms with E-state index in [0.717, 1.165) is 12.8 Å². The van der Waals surface area contributed by atoms with Gasteiger partial charge in [-0.25, -0.2) is 4.39 Å². The van der Waals surface area contributed by atoms with Gasteiger partial charge in [0.05, 0.1) is 12.2 Å². The van der Waals surface area contributed by atoms with E-state index in [-0.39, 0.29) is 11.9 Å². The maximum absolute atomic E-state index is 13.0. The Balaban J connectivity index is 1.87. The van der Waals surface area contributed by atoms with E-state index in [9.17, 15) is 4.39 Å². The van der Waals surface area contributed by atoms with Crippen LogP contribution in [0.4, 0.5) is 10.1 Å². The summed E-state index contributed by atoms with van der Waals surface area (Å²) in [6.07, 6.45) is 2.64. The van der Waals surface area contributed by atoms with Gasteiger partial charge >= 0.3 is 0 Å². The molecular formula is C12H16FNO2. The Kier molecular flexibility index (Phi) is 3.29. The topological polar surface area (TPSA) is 41.5 Å². The molecule has 1 aromatic rings. The smallest absolute Gasteiger partial charge is 0.166 e. The fraction of sp³-hybridized carbons (Fsp3) is 0.500.